The van der Waals surface area contributed by atoms with E-state index in [9.17, 15) is 0 Å². The van der Waals surface area contributed by atoms with Crippen molar-refractivity contribution in [2.75, 3.05) is 20.8 Å². The highest BCUT2D eigenvalue weighted by Crippen LogP contribution is 2.23. The van der Waals surface area contributed by atoms with E-state index < -0.39 is 8.80 Å². The zero-order valence-corrected chi connectivity index (χ0v) is 16.4. The number of rotatable bonds is 16. The first kappa shape index (κ1) is 22.1. The van der Waals surface area contributed by atoms with Crippen molar-refractivity contribution in [3.05, 3.63) is 0 Å². The summed E-state index contributed by atoms with van der Waals surface area (Å²) in [4.78, 5) is 0. The molecule has 0 fully saturated rings. The van der Waals surface area contributed by atoms with Crippen LogP contribution in [0.4, 0.5) is 0 Å². The van der Waals surface area contributed by atoms with E-state index in [0.717, 1.165) is 38.3 Å². The smallest absolute Gasteiger partial charge is 0.377 e. The average Bonchev–Trinajstić information content (AvgIpc) is 2.54. The molecule has 5 heteroatoms. The minimum Gasteiger partial charge on any atom is -0.377 e. The molecule has 0 aliphatic rings. The zero-order valence-electron chi connectivity index (χ0n) is 15.4. The molecule has 0 aromatic carbocycles. The van der Waals surface area contributed by atoms with E-state index in [2.05, 4.69) is 13.8 Å². The van der Waals surface area contributed by atoms with Crippen molar-refractivity contribution in [3.63, 3.8) is 0 Å². The Morgan fingerprint density at radius 1 is 0.818 bits per heavy atom. The number of hydrogen-bond donors (Lipinski definition) is 1. The standard InChI is InChI=1S/C17H39NO3Si/c1-5-7-10-13-17(14-11-8-9-12-15-18)21-22(19-3,20-4)16-6-2/h17H,5-16,18H2,1-4H3. The summed E-state index contributed by atoms with van der Waals surface area (Å²) in [5, 5.41) is 0. The quantitative estimate of drug-likeness (QED) is 0.334. The van der Waals surface area contributed by atoms with Crippen LogP contribution in [0.2, 0.25) is 6.04 Å². The summed E-state index contributed by atoms with van der Waals surface area (Å²) in [5.41, 5.74) is 5.55. The fourth-order valence-electron chi connectivity index (χ4n) is 2.76. The molecule has 0 heterocycles. The van der Waals surface area contributed by atoms with E-state index >= 15 is 0 Å². The van der Waals surface area contributed by atoms with Crippen molar-refractivity contribution in [3.8, 4) is 0 Å². The van der Waals surface area contributed by atoms with Gasteiger partial charge in [-0.05, 0) is 25.8 Å². The first-order valence-corrected chi connectivity index (χ1v) is 11.1. The molecule has 2 N–H and O–H groups in total. The van der Waals surface area contributed by atoms with Crippen LogP contribution in [0.15, 0.2) is 0 Å². The fourth-order valence-corrected chi connectivity index (χ4v) is 5.00. The first-order valence-electron chi connectivity index (χ1n) is 9.16. The van der Waals surface area contributed by atoms with Gasteiger partial charge in [0.2, 0.25) is 0 Å². The third-order valence-corrected chi connectivity index (χ3v) is 7.18. The normalized spacial score (nSPS) is 13.5. The van der Waals surface area contributed by atoms with Gasteiger partial charge in [0.15, 0.2) is 0 Å². The molecule has 1 atom stereocenters. The van der Waals surface area contributed by atoms with Crippen LogP contribution in [0.1, 0.15) is 78.1 Å². The Morgan fingerprint density at radius 3 is 1.91 bits per heavy atom. The Labute approximate surface area is 139 Å². The van der Waals surface area contributed by atoms with Crippen molar-refractivity contribution < 1.29 is 13.3 Å². The molecular weight excluding hydrogens is 294 g/mol. The van der Waals surface area contributed by atoms with Crippen LogP contribution < -0.4 is 5.73 Å². The Bertz CT molecular complexity index is 238. The van der Waals surface area contributed by atoms with Gasteiger partial charge in [-0.15, -0.1) is 0 Å². The van der Waals surface area contributed by atoms with Crippen molar-refractivity contribution in [2.45, 2.75) is 90.2 Å². The maximum absolute atomic E-state index is 6.40. The monoisotopic (exact) mass is 333 g/mol. The molecule has 0 aromatic heterocycles. The Morgan fingerprint density at radius 2 is 1.41 bits per heavy atom. The molecule has 0 spiro atoms. The lowest BCUT2D eigenvalue weighted by atomic mass is 10.0. The summed E-state index contributed by atoms with van der Waals surface area (Å²) in [5.74, 6) is 0. The van der Waals surface area contributed by atoms with Gasteiger partial charge < -0.3 is 19.0 Å². The third-order valence-electron chi connectivity index (χ3n) is 4.13. The van der Waals surface area contributed by atoms with Gasteiger partial charge >= 0.3 is 8.80 Å². The van der Waals surface area contributed by atoms with Gasteiger partial charge in [0.1, 0.15) is 0 Å². The van der Waals surface area contributed by atoms with E-state index in [1.807, 2.05) is 0 Å². The second-order valence-electron chi connectivity index (χ2n) is 6.07. The fraction of sp³-hybridized carbons (Fsp3) is 1.00. The Balaban J connectivity index is 4.40. The largest absolute Gasteiger partial charge is 0.500 e. The SMILES string of the molecule is CCCCCC(CCCCCCN)O[Si](CCC)(OC)OC. The van der Waals surface area contributed by atoms with Gasteiger partial charge in [0.25, 0.3) is 0 Å². The predicted octanol–water partition coefficient (Wildman–Crippen LogP) is 4.50. The van der Waals surface area contributed by atoms with Crippen LogP contribution in [0.5, 0.6) is 0 Å². The molecule has 0 radical (unpaired) electrons. The highest BCUT2D eigenvalue weighted by Gasteiger charge is 2.40. The molecule has 0 rings (SSSR count). The lowest BCUT2D eigenvalue weighted by molar-refractivity contribution is 0.0447. The molecule has 0 amide bonds. The lowest BCUT2D eigenvalue weighted by Gasteiger charge is -2.31. The second-order valence-corrected chi connectivity index (χ2v) is 8.99. The highest BCUT2D eigenvalue weighted by atomic mass is 28.4. The van der Waals surface area contributed by atoms with Gasteiger partial charge in [-0.1, -0.05) is 58.8 Å². The molecular formula is C17H39NO3Si. The Hall–Kier alpha value is 0.0569. The van der Waals surface area contributed by atoms with Crippen LogP contribution in [-0.4, -0.2) is 35.7 Å². The Kier molecular flexibility index (Phi) is 14.7. The van der Waals surface area contributed by atoms with Crippen molar-refractivity contribution in [2.24, 2.45) is 5.73 Å². The van der Waals surface area contributed by atoms with Gasteiger partial charge in [0, 0.05) is 26.4 Å². The molecule has 0 saturated heterocycles. The molecule has 0 saturated carbocycles. The summed E-state index contributed by atoms with van der Waals surface area (Å²) in [7, 11) is 1.00. The van der Waals surface area contributed by atoms with Crippen molar-refractivity contribution >= 4 is 8.80 Å². The lowest BCUT2D eigenvalue weighted by Crippen LogP contribution is -2.46. The minimum absolute atomic E-state index is 0.280. The van der Waals surface area contributed by atoms with E-state index in [1.165, 1.54) is 38.5 Å². The summed E-state index contributed by atoms with van der Waals surface area (Å²) in [6, 6.07) is 0.900. The highest BCUT2D eigenvalue weighted by molar-refractivity contribution is 6.60. The zero-order chi connectivity index (χ0) is 16.7. The number of hydrogen-bond acceptors (Lipinski definition) is 4. The van der Waals surface area contributed by atoms with Crippen LogP contribution in [0, 0.1) is 0 Å². The number of nitrogens with two attached hydrogens (primary N) is 1. The summed E-state index contributed by atoms with van der Waals surface area (Å²) < 4.78 is 17.8. The van der Waals surface area contributed by atoms with E-state index in [4.69, 9.17) is 19.0 Å². The van der Waals surface area contributed by atoms with Gasteiger partial charge in [-0.3, -0.25) is 0 Å². The average molecular weight is 334 g/mol. The van der Waals surface area contributed by atoms with Crippen LogP contribution in [-0.2, 0) is 13.3 Å². The summed E-state index contributed by atoms with van der Waals surface area (Å²) in [6.45, 7) is 5.20. The summed E-state index contributed by atoms with van der Waals surface area (Å²) >= 11 is 0. The summed E-state index contributed by atoms with van der Waals surface area (Å²) in [6.07, 6.45) is 12.1. The molecule has 134 valence electrons. The van der Waals surface area contributed by atoms with E-state index in [1.54, 1.807) is 14.2 Å². The van der Waals surface area contributed by atoms with Crippen LogP contribution >= 0.6 is 0 Å². The predicted molar refractivity (Wildman–Crippen MR) is 96.0 cm³/mol. The minimum atomic E-state index is -2.46. The maximum Gasteiger partial charge on any atom is 0.500 e. The molecule has 0 aliphatic carbocycles. The van der Waals surface area contributed by atoms with Gasteiger partial charge in [-0.25, -0.2) is 0 Å². The molecule has 22 heavy (non-hydrogen) atoms. The van der Waals surface area contributed by atoms with Gasteiger partial charge in [0.05, 0.1) is 0 Å². The molecule has 0 aliphatic heterocycles. The van der Waals surface area contributed by atoms with E-state index in [-0.39, 0.29) is 6.10 Å². The van der Waals surface area contributed by atoms with Crippen LogP contribution in [0.25, 0.3) is 0 Å². The molecule has 0 aromatic rings. The topological polar surface area (TPSA) is 53.7 Å². The molecule has 1 unspecified atom stereocenters. The molecule has 4 nitrogen and oxygen atoms in total. The molecule has 0 bridgehead atoms. The van der Waals surface area contributed by atoms with Crippen molar-refractivity contribution in [1.29, 1.82) is 0 Å². The first-order chi connectivity index (χ1) is 10.7. The van der Waals surface area contributed by atoms with E-state index in [0.29, 0.717) is 0 Å². The third kappa shape index (κ3) is 9.95. The second kappa shape index (κ2) is 14.6. The van der Waals surface area contributed by atoms with Crippen LogP contribution in [0.3, 0.4) is 0 Å². The number of unbranched alkanes of at least 4 members (excludes halogenated alkanes) is 5. The maximum atomic E-state index is 6.40. The van der Waals surface area contributed by atoms with Crippen molar-refractivity contribution in [1.82, 2.24) is 0 Å². The van der Waals surface area contributed by atoms with Gasteiger partial charge in [-0.2, -0.15) is 0 Å².